The summed E-state index contributed by atoms with van der Waals surface area (Å²) in [5.41, 5.74) is 0.135. The number of alkyl carbamates (subject to hydrolysis) is 1. The van der Waals surface area contributed by atoms with E-state index in [-0.39, 0.29) is 32.6 Å². The van der Waals surface area contributed by atoms with E-state index in [0.717, 1.165) is 5.56 Å². The van der Waals surface area contributed by atoms with Gasteiger partial charge in [-0.25, -0.2) is 4.79 Å². The third-order valence-electron chi connectivity index (χ3n) is 7.58. The summed E-state index contributed by atoms with van der Waals surface area (Å²) in [4.78, 5) is 37.5. The second-order valence-corrected chi connectivity index (χ2v) is 13.9. The summed E-state index contributed by atoms with van der Waals surface area (Å²) in [6.07, 6.45) is -0.797. The zero-order valence-electron chi connectivity index (χ0n) is 37.0. The van der Waals surface area contributed by atoms with E-state index in [1.165, 1.54) is 0 Å². The molecular weight excluding hydrogens is 804 g/mol. The number of amides is 2. The average Bonchev–Trinajstić information content (AvgIpc) is 3.24. The van der Waals surface area contributed by atoms with Crippen molar-refractivity contribution < 1.29 is 80.7 Å². The topological polar surface area (TPSA) is 204 Å². The Labute approximate surface area is 362 Å². The molecule has 1 aromatic rings. The van der Waals surface area contributed by atoms with Crippen LogP contribution in [-0.2, 0) is 82.5 Å². The smallest absolute Gasteiger partial charge is 0.408 e. The van der Waals surface area contributed by atoms with Crippen LogP contribution >= 0.6 is 0 Å². The molecule has 2 N–H and O–H groups in total. The molecule has 0 spiro atoms. The Kier molecular flexibility index (Phi) is 37.6. The van der Waals surface area contributed by atoms with Gasteiger partial charge in [-0.2, -0.15) is 0 Å². The summed E-state index contributed by atoms with van der Waals surface area (Å²) in [5, 5.41) is 5.27. The van der Waals surface area contributed by atoms with E-state index in [2.05, 4.69) is 10.6 Å². The summed E-state index contributed by atoms with van der Waals surface area (Å²) < 4.78 is 75.6. The SMILES string of the molecule is COCCOCCOCCOCCOCCOCCOCCOCCOCCOCCOCCOCCNC(=O)[C@H](CCC(=O)OC(C)(C)C)NC(=O)OCc1ccccc1. The fourth-order valence-corrected chi connectivity index (χ4v) is 4.64. The molecule has 0 aliphatic heterocycles. The van der Waals surface area contributed by atoms with Gasteiger partial charge in [0.05, 0.1) is 152 Å². The first-order valence-electron chi connectivity index (χ1n) is 21.0. The number of hydrogen-bond acceptors (Lipinski definition) is 17. The molecule has 19 heteroatoms. The predicted molar refractivity (Wildman–Crippen MR) is 223 cm³/mol. The van der Waals surface area contributed by atoms with Gasteiger partial charge in [0.15, 0.2) is 0 Å². The molecule has 0 aromatic heterocycles. The number of rotatable bonds is 43. The lowest BCUT2D eigenvalue weighted by Crippen LogP contribution is -2.48. The third kappa shape index (κ3) is 39.5. The van der Waals surface area contributed by atoms with Crippen LogP contribution in [0.1, 0.15) is 39.2 Å². The molecule has 0 heterocycles. The van der Waals surface area contributed by atoms with Crippen molar-refractivity contribution in [1.29, 1.82) is 0 Å². The second-order valence-electron chi connectivity index (χ2n) is 13.9. The van der Waals surface area contributed by atoms with Crippen LogP contribution in [0.25, 0.3) is 0 Å². The van der Waals surface area contributed by atoms with Gasteiger partial charge in [-0.05, 0) is 32.8 Å². The van der Waals surface area contributed by atoms with Crippen LogP contribution in [0.2, 0.25) is 0 Å². The maximum absolute atomic E-state index is 12.9. The molecule has 0 unspecified atom stereocenters. The number of carbonyl (C=O) groups is 3. The minimum atomic E-state index is -1.00. The van der Waals surface area contributed by atoms with Crippen LogP contribution in [0.15, 0.2) is 30.3 Å². The minimum absolute atomic E-state index is 0.0374. The van der Waals surface area contributed by atoms with Gasteiger partial charge in [0.2, 0.25) is 5.91 Å². The molecule has 0 aliphatic carbocycles. The van der Waals surface area contributed by atoms with Crippen LogP contribution < -0.4 is 10.6 Å². The number of carbonyl (C=O) groups excluding carboxylic acids is 3. The van der Waals surface area contributed by atoms with Crippen LogP contribution in [0, 0.1) is 0 Å². The van der Waals surface area contributed by atoms with Gasteiger partial charge in [0, 0.05) is 20.1 Å². The number of esters is 1. The summed E-state index contributed by atoms with van der Waals surface area (Å²) >= 11 is 0. The van der Waals surface area contributed by atoms with E-state index >= 15 is 0 Å². The summed E-state index contributed by atoms with van der Waals surface area (Å²) in [6, 6.07) is 8.15. The first-order valence-corrected chi connectivity index (χ1v) is 21.0. The van der Waals surface area contributed by atoms with Crippen molar-refractivity contribution >= 4 is 18.0 Å². The van der Waals surface area contributed by atoms with Gasteiger partial charge >= 0.3 is 12.1 Å². The highest BCUT2D eigenvalue weighted by molar-refractivity contribution is 5.86. The Balaban J connectivity index is 1.88. The van der Waals surface area contributed by atoms with E-state index in [9.17, 15) is 14.4 Å². The first kappa shape index (κ1) is 56.0. The van der Waals surface area contributed by atoms with Crippen molar-refractivity contribution in [3.8, 4) is 0 Å². The fourth-order valence-electron chi connectivity index (χ4n) is 4.64. The maximum Gasteiger partial charge on any atom is 0.408 e. The molecule has 0 bridgehead atoms. The van der Waals surface area contributed by atoms with Crippen LogP contribution in [0.3, 0.4) is 0 Å². The normalized spacial score (nSPS) is 12.0. The molecule has 19 nitrogen and oxygen atoms in total. The molecule has 1 rings (SSSR count). The molecule has 0 aliphatic rings. The Morgan fingerprint density at radius 1 is 0.525 bits per heavy atom. The van der Waals surface area contributed by atoms with E-state index < -0.39 is 29.6 Å². The monoisotopic (exact) mass is 878 g/mol. The molecular formula is C42H74N2O17. The first-order chi connectivity index (χ1) is 29.7. The molecule has 0 fully saturated rings. The fraction of sp³-hybridized carbons (Fsp3) is 0.786. The third-order valence-corrected chi connectivity index (χ3v) is 7.58. The molecule has 0 saturated heterocycles. The molecule has 1 aromatic carbocycles. The number of ether oxygens (including phenoxy) is 14. The van der Waals surface area contributed by atoms with Crippen LogP contribution in [-0.4, -0.2) is 195 Å². The van der Waals surface area contributed by atoms with Crippen molar-refractivity contribution in [2.24, 2.45) is 0 Å². The highest BCUT2D eigenvalue weighted by atomic mass is 16.6. The Morgan fingerprint density at radius 3 is 1.25 bits per heavy atom. The average molecular weight is 879 g/mol. The van der Waals surface area contributed by atoms with Crippen molar-refractivity contribution in [3.05, 3.63) is 35.9 Å². The lowest BCUT2D eigenvalue weighted by Gasteiger charge is -2.21. The maximum atomic E-state index is 12.9. The van der Waals surface area contributed by atoms with E-state index in [1.807, 2.05) is 30.3 Å². The lowest BCUT2D eigenvalue weighted by atomic mass is 10.1. The number of benzene rings is 1. The quantitative estimate of drug-likeness (QED) is 0.0714. The van der Waals surface area contributed by atoms with E-state index in [1.54, 1.807) is 27.9 Å². The molecule has 2 amide bonds. The van der Waals surface area contributed by atoms with Gasteiger partial charge in [0.25, 0.3) is 0 Å². The van der Waals surface area contributed by atoms with Gasteiger partial charge in [-0.3, -0.25) is 9.59 Å². The number of methoxy groups -OCH3 is 1. The van der Waals surface area contributed by atoms with Gasteiger partial charge in [-0.15, -0.1) is 0 Å². The van der Waals surface area contributed by atoms with Crippen molar-refractivity contribution in [2.75, 3.05) is 166 Å². The predicted octanol–water partition coefficient (Wildman–Crippen LogP) is 2.35. The standard InChI is InChI=1S/C42H74N2O17/c1-42(2,3)61-39(45)11-10-38(44-41(47)60-36-37-8-6-5-7-9-37)40(46)43-12-13-49-16-17-51-20-21-53-24-25-55-28-29-57-32-33-59-35-34-58-31-30-56-27-26-54-23-22-52-19-18-50-15-14-48-4/h5-9,38H,10-36H2,1-4H3,(H,43,46)(H,44,47)/t38-/m0/s1. The minimum Gasteiger partial charge on any atom is -0.460 e. The van der Waals surface area contributed by atoms with Crippen LogP contribution in [0.5, 0.6) is 0 Å². The van der Waals surface area contributed by atoms with Gasteiger partial charge in [0.1, 0.15) is 18.2 Å². The zero-order chi connectivity index (χ0) is 44.3. The van der Waals surface area contributed by atoms with E-state index in [0.29, 0.717) is 145 Å². The van der Waals surface area contributed by atoms with Gasteiger partial charge < -0.3 is 76.9 Å². The lowest BCUT2D eigenvalue weighted by molar-refractivity contribution is -0.155. The Hall–Kier alpha value is -3.05. The highest BCUT2D eigenvalue weighted by Crippen LogP contribution is 2.11. The second kappa shape index (κ2) is 41.0. The molecule has 0 radical (unpaired) electrons. The number of hydrogen-bond donors (Lipinski definition) is 2. The van der Waals surface area contributed by atoms with Crippen molar-refractivity contribution in [3.63, 3.8) is 0 Å². The summed E-state index contributed by atoms with van der Waals surface area (Å²) in [7, 11) is 1.64. The van der Waals surface area contributed by atoms with Crippen LogP contribution in [0.4, 0.5) is 4.79 Å². The van der Waals surface area contributed by atoms with Crippen molar-refractivity contribution in [1.82, 2.24) is 10.6 Å². The van der Waals surface area contributed by atoms with E-state index in [4.69, 9.17) is 66.3 Å². The van der Waals surface area contributed by atoms with Gasteiger partial charge in [-0.1, -0.05) is 30.3 Å². The summed E-state index contributed by atoms with van der Waals surface area (Å²) in [5.74, 6) is -0.942. The zero-order valence-corrected chi connectivity index (χ0v) is 37.0. The van der Waals surface area contributed by atoms with Crippen molar-refractivity contribution in [2.45, 2.75) is 51.9 Å². The molecule has 61 heavy (non-hydrogen) atoms. The largest absolute Gasteiger partial charge is 0.460 e. The number of nitrogens with one attached hydrogen (secondary N) is 2. The molecule has 0 saturated carbocycles. The molecule has 1 atom stereocenters. The molecule has 354 valence electrons. The summed E-state index contributed by atoms with van der Waals surface area (Å²) in [6.45, 7) is 16.1. The Bertz CT molecular complexity index is 1160. The highest BCUT2D eigenvalue weighted by Gasteiger charge is 2.24. The Morgan fingerprint density at radius 2 is 0.885 bits per heavy atom.